The number of anilines is 1. The molecule has 1 aliphatic rings. The van der Waals surface area contributed by atoms with Crippen molar-refractivity contribution in [1.82, 2.24) is 0 Å². The third-order valence-corrected chi connectivity index (χ3v) is 5.36. The van der Waals surface area contributed by atoms with Crippen molar-refractivity contribution >= 4 is 45.2 Å². The number of rotatable bonds is 5. The number of carbonyl (C=O) groups is 4. The van der Waals surface area contributed by atoms with Gasteiger partial charge in [0, 0.05) is 15.6 Å². The van der Waals surface area contributed by atoms with Gasteiger partial charge in [-0.15, -0.1) is 0 Å². The second-order valence-corrected chi connectivity index (χ2v) is 7.63. The molecule has 2 amide bonds. The lowest BCUT2D eigenvalue weighted by molar-refractivity contribution is -0.136. The van der Waals surface area contributed by atoms with Crippen molar-refractivity contribution in [3.63, 3.8) is 0 Å². The van der Waals surface area contributed by atoms with E-state index in [1.807, 2.05) is 0 Å². The second-order valence-electron chi connectivity index (χ2n) is 6.71. The Balaban J connectivity index is 1.91. The van der Waals surface area contributed by atoms with Crippen LogP contribution in [0.4, 0.5) is 5.69 Å². The van der Waals surface area contributed by atoms with E-state index < -0.39 is 30.0 Å². The largest absolute Gasteiger partial charge is 0.481 e. The number of halogens is 1. The third-order valence-electron chi connectivity index (χ3n) is 4.83. The Hall–Kier alpha value is -3.58. The molecule has 30 heavy (non-hydrogen) atoms. The van der Waals surface area contributed by atoms with E-state index in [4.69, 9.17) is 0 Å². The number of ketones is 1. The van der Waals surface area contributed by atoms with Crippen LogP contribution < -0.4 is 4.90 Å². The number of carbonyl (C=O) groups excluding carboxylic acids is 3. The van der Waals surface area contributed by atoms with Crippen LogP contribution in [0.1, 0.15) is 42.2 Å². The molecule has 3 aromatic carbocycles. The third kappa shape index (κ3) is 3.33. The van der Waals surface area contributed by atoms with Crippen molar-refractivity contribution in [3.8, 4) is 0 Å². The molecule has 1 aliphatic heterocycles. The Kier molecular flexibility index (Phi) is 5.05. The first kappa shape index (κ1) is 19.7. The molecule has 0 aliphatic carbocycles. The predicted molar refractivity (Wildman–Crippen MR) is 113 cm³/mol. The topological polar surface area (TPSA) is 91.8 Å². The van der Waals surface area contributed by atoms with Gasteiger partial charge in [0.15, 0.2) is 5.78 Å². The molecular weight excluding hydrogens is 450 g/mol. The molecule has 6 nitrogen and oxygen atoms in total. The van der Waals surface area contributed by atoms with Gasteiger partial charge in [0.1, 0.15) is 0 Å². The Morgan fingerprint density at radius 1 is 0.833 bits per heavy atom. The molecule has 0 spiro atoms. The minimum absolute atomic E-state index is 0.0130. The van der Waals surface area contributed by atoms with Gasteiger partial charge in [-0.25, -0.2) is 4.90 Å². The lowest BCUT2D eigenvalue weighted by Gasteiger charge is -2.21. The van der Waals surface area contributed by atoms with Gasteiger partial charge in [-0.05, 0) is 48.0 Å². The molecule has 0 unspecified atom stereocenters. The Morgan fingerprint density at radius 3 is 2.00 bits per heavy atom. The van der Waals surface area contributed by atoms with Crippen LogP contribution in [0.15, 0.2) is 71.2 Å². The quantitative estimate of drug-likeness (QED) is 0.454. The number of hydrogen-bond acceptors (Lipinski definition) is 4. The highest BCUT2D eigenvalue weighted by Crippen LogP contribution is 2.35. The van der Waals surface area contributed by atoms with E-state index in [1.54, 1.807) is 42.5 Å². The minimum Gasteiger partial charge on any atom is -0.481 e. The summed E-state index contributed by atoms with van der Waals surface area (Å²) in [7, 11) is 0. The monoisotopic (exact) mass is 463 g/mol. The normalized spacial score (nSPS) is 12.8. The summed E-state index contributed by atoms with van der Waals surface area (Å²) in [5.74, 6) is -2.72. The number of aliphatic carboxylic acids is 1. The standard InChI is InChI=1S/C23H14BrNO5/c24-15-10-8-13(9-11-15)21(28)18-7-3-4-14(12-19(26)27)20(18)25-22(29)16-5-1-2-6-17(16)23(25)30/h1-11H,12H2,(H,26,27). The summed E-state index contributed by atoms with van der Waals surface area (Å²) < 4.78 is 0.791. The van der Waals surface area contributed by atoms with E-state index in [0.29, 0.717) is 5.56 Å². The summed E-state index contributed by atoms with van der Waals surface area (Å²) in [6.07, 6.45) is -0.440. The Bertz CT molecular complexity index is 1180. The molecule has 1 heterocycles. The van der Waals surface area contributed by atoms with Gasteiger partial charge < -0.3 is 5.11 Å². The summed E-state index contributed by atoms with van der Waals surface area (Å²) in [5, 5.41) is 9.34. The molecule has 0 fully saturated rings. The predicted octanol–water partition coefficient (Wildman–Crippen LogP) is 4.11. The van der Waals surface area contributed by atoms with E-state index in [2.05, 4.69) is 15.9 Å². The van der Waals surface area contributed by atoms with Crippen LogP contribution in [-0.4, -0.2) is 28.7 Å². The van der Waals surface area contributed by atoms with Gasteiger partial charge >= 0.3 is 5.97 Å². The van der Waals surface area contributed by atoms with Crippen molar-refractivity contribution < 1.29 is 24.3 Å². The van der Waals surface area contributed by atoms with Crippen LogP contribution in [0, 0.1) is 0 Å². The summed E-state index contributed by atoms with van der Waals surface area (Å²) in [6, 6.07) is 17.5. The summed E-state index contributed by atoms with van der Waals surface area (Å²) in [6.45, 7) is 0. The molecule has 4 rings (SSSR count). The molecule has 0 atom stereocenters. The van der Waals surface area contributed by atoms with Gasteiger partial charge in [-0.2, -0.15) is 0 Å². The summed E-state index contributed by atoms with van der Waals surface area (Å²) in [4.78, 5) is 51.7. The van der Waals surface area contributed by atoms with E-state index in [1.165, 1.54) is 24.3 Å². The number of carboxylic acid groups (broad SMARTS) is 1. The fourth-order valence-electron chi connectivity index (χ4n) is 3.49. The maximum Gasteiger partial charge on any atom is 0.307 e. The molecule has 0 radical (unpaired) electrons. The van der Waals surface area contributed by atoms with Gasteiger partial charge in [0.25, 0.3) is 11.8 Å². The maximum absolute atomic E-state index is 13.2. The molecule has 0 saturated carbocycles. The van der Waals surface area contributed by atoms with Crippen LogP contribution in [0.2, 0.25) is 0 Å². The lowest BCUT2D eigenvalue weighted by atomic mass is 9.96. The summed E-state index contributed by atoms with van der Waals surface area (Å²) in [5.41, 5.74) is 1.09. The zero-order valence-electron chi connectivity index (χ0n) is 15.5. The fraction of sp³-hybridized carbons (Fsp3) is 0.0435. The molecular formula is C23H14BrNO5. The number of benzene rings is 3. The van der Waals surface area contributed by atoms with Crippen molar-refractivity contribution in [2.24, 2.45) is 0 Å². The average Bonchev–Trinajstić information content (AvgIpc) is 2.98. The van der Waals surface area contributed by atoms with Crippen molar-refractivity contribution in [3.05, 3.63) is 99.0 Å². The van der Waals surface area contributed by atoms with Crippen LogP contribution >= 0.6 is 15.9 Å². The first-order chi connectivity index (χ1) is 14.4. The van der Waals surface area contributed by atoms with Crippen molar-refractivity contribution in [2.75, 3.05) is 4.90 Å². The number of fused-ring (bicyclic) bond motifs is 1. The number of imide groups is 1. The van der Waals surface area contributed by atoms with Crippen LogP contribution in [0.25, 0.3) is 0 Å². The average molecular weight is 464 g/mol. The molecule has 3 aromatic rings. The molecule has 0 bridgehead atoms. The Morgan fingerprint density at radius 2 is 1.43 bits per heavy atom. The van der Waals surface area contributed by atoms with Gasteiger partial charge in [-0.1, -0.05) is 40.2 Å². The highest BCUT2D eigenvalue weighted by Gasteiger charge is 2.39. The van der Waals surface area contributed by atoms with Crippen LogP contribution in [-0.2, 0) is 11.2 Å². The highest BCUT2D eigenvalue weighted by atomic mass is 79.9. The highest BCUT2D eigenvalue weighted by molar-refractivity contribution is 9.10. The molecule has 148 valence electrons. The number of para-hydroxylation sites is 1. The van der Waals surface area contributed by atoms with Gasteiger partial charge in [0.2, 0.25) is 0 Å². The van der Waals surface area contributed by atoms with Crippen LogP contribution in [0.3, 0.4) is 0 Å². The molecule has 7 heteroatoms. The van der Waals surface area contributed by atoms with Gasteiger partial charge in [0.05, 0.1) is 23.2 Å². The maximum atomic E-state index is 13.2. The lowest BCUT2D eigenvalue weighted by Crippen LogP contribution is -2.32. The van der Waals surface area contributed by atoms with Crippen molar-refractivity contribution in [1.29, 1.82) is 0 Å². The summed E-state index contributed by atoms with van der Waals surface area (Å²) >= 11 is 3.32. The first-order valence-electron chi connectivity index (χ1n) is 9.00. The molecule has 0 aromatic heterocycles. The second kappa shape index (κ2) is 7.68. The van der Waals surface area contributed by atoms with E-state index in [0.717, 1.165) is 9.37 Å². The number of carboxylic acids is 1. The number of hydrogen-bond donors (Lipinski definition) is 1. The number of amides is 2. The zero-order chi connectivity index (χ0) is 21.4. The smallest absolute Gasteiger partial charge is 0.307 e. The van der Waals surface area contributed by atoms with E-state index in [-0.39, 0.29) is 27.9 Å². The fourth-order valence-corrected chi connectivity index (χ4v) is 3.76. The van der Waals surface area contributed by atoms with E-state index in [9.17, 15) is 24.3 Å². The minimum atomic E-state index is -1.14. The van der Waals surface area contributed by atoms with Crippen LogP contribution in [0.5, 0.6) is 0 Å². The Labute approximate surface area is 179 Å². The molecule has 0 saturated heterocycles. The zero-order valence-corrected chi connectivity index (χ0v) is 17.0. The van der Waals surface area contributed by atoms with Gasteiger partial charge in [-0.3, -0.25) is 19.2 Å². The number of nitrogens with zero attached hydrogens (tertiary/aromatic N) is 1. The molecule has 1 N–H and O–H groups in total. The SMILES string of the molecule is O=C(O)Cc1cccc(C(=O)c2ccc(Br)cc2)c1N1C(=O)c2ccccc2C1=O. The van der Waals surface area contributed by atoms with Crippen molar-refractivity contribution in [2.45, 2.75) is 6.42 Å². The first-order valence-corrected chi connectivity index (χ1v) is 9.79. The van der Waals surface area contributed by atoms with E-state index >= 15 is 0 Å².